The molecule has 0 radical (unpaired) electrons. The number of hydrogen-bond acceptors (Lipinski definition) is 3. The van der Waals surface area contributed by atoms with Gasteiger partial charge in [-0.15, -0.1) is 0 Å². The van der Waals surface area contributed by atoms with Crippen molar-refractivity contribution in [3.05, 3.63) is 35.1 Å². The second-order valence-electron chi connectivity index (χ2n) is 4.58. The number of primary amides is 1. The van der Waals surface area contributed by atoms with Gasteiger partial charge in [0, 0.05) is 23.7 Å². The minimum Gasteiger partial charge on any atom is -0.395 e. The number of nitrogens with two attached hydrogens (primary N) is 1. The number of carbonyl (C=O) groups excluding carboxylic acids is 1. The van der Waals surface area contributed by atoms with E-state index in [-0.39, 0.29) is 30.7 Å². The Bertz CT molecular complexity index is 421. The van der Waals surface area contributed by atoms with Gasteiger partial charge in [0.1, 0.15) is 5.82 Å². The number of carbonyl (C=O) groups is 1. The maximum Gasteiger partial charge on any atom is 0.248 e. The van der Waals surface area contributed by atoms with Crippen LogP contribution in [0.25, 0.3) is 0 Å². The first-order valence-electron chi connectivity index (χ1n) is 5.88. The van der Waals surface area contributed by atoms with Gasteiger partial charge in [0.2, 0.25) is 5.91 Å². The van der Waals surface area contributed by atoms with E-state index in [9.17, 15) is 9.18 Å². The summed E-state index contributed by atoms with van der Waals surface area (Å²) >= 11 is 0. The number of benzene rings is 1. The molecule has 5 heteroatoms. The van der Waals surface area contributed by atoms with Gasteiger partial charge >= 0.3 is 0 Å². The molecule has 4 nitrogen and oxygen atoms in total. The van der Waals surface area contributed by atoms with Crippen LogP contribution in [-0.2, 0) is 6.54 Å². The lowest BCUT2D eigenvalue weighted by Gasteiger charge is -2.20. The molecule has 1 aromatic rings. The molecule has 1 amide bonds. The lowest BCUT2D eigenvalue weighted by atomic mass is 10.0. The van der Waals surface area contributed by atoms with E-state index < -0.39 is 11.7 Å². The van der Waals surface area contributed by atoms with E-state index in [0.29, 0.717) is 5.56 Å². The molecule has 0 fully saturated rings. The average Bonchev–Trinajstić information content (AvgIpc) is 2.31. The molecule has 0 aliphatic heterocycles. The minimum atomic E-state index is -0.584. The Labute approximate surface area is 106 Å². The number of hydrogen-bond donors (Lipinski definition) is 3. The predicted octanol–water partition coefficient (Wildman–Crippen LogP) is 1.03. The van der Waals surface area contributed by atoms with Crippen LogP contribution in [0, 0.1) is 11.7 Å². The van der Waals surface area contributed by atoms with Crippen molar-refractivity contribution in [1.82, 2.24) is 5.32 Å². The van der Waals surface area contributed by atoms with Crippen molar-refractivity contribution in [2.75, 3.05) is 6.61 Å². The molecule has 1 atom stereocenters. The molecule has 100 valence electrons. The summed E-state index contributed by atoms with van der Waals surface area (Å²) in [6.07, 6.45) is 0. The van der Waals surface area contributed by atoms with Crippen molar-refractivity contribution in [3.63, 3.8) is 0 Å². The Balaban J connectivity index is 2.77. The zero-order valence-electron chi connectivity index (χ0n) is 10.6. The average molecular weight is 254 g/mol. The summed E-state index contributed by atoms with van der Waals surface area (Å²) in [5.41, 5.74) is 5.78. The van der Waals surface area contributed by atoms with Crippen LogP contribution in [0.3, 0.4) is 0 Å². The molecule has 0 spiro atoms. The molecular formula is C13H19FN2O2. The number of halogens is 1. The Kier molecular flexibility index (Phi) is 5.25. The highest BCUT2D eigenvalue weighted by molar-refractivity contribution is 5.92. The SMILES string of the molecule is CC(C)[C@@H](CO)NCc1cc(C(N)=O)ccc1F. The van der Waals surface area contributed by atoms with Crippen LogP contribution in [0.15, 0.2) is 18.2 Å². The Hall–Kier alpha value is -1.46. The number of amides is 1. The zero-order valence-corrected chi connectivity index (χ0v) is 10.6. The van der Waals surface area contributed by atoms with Crippen LogP contribution in [0.1, 0.15) is 29.8 Å². The number of aliphatic hydroxyl groups is 1. The van der Waals surface area contributed by atoms with E-state index in [4.69, 9.17) is 10.8 Å². The van der Waals surface area contributed by atoms with Crippen LogP contribution < -0.4 is 11.1 Å². The van der Waals surface area contributed by atoms with Gasteiger partial charge in [0.15, 0.2) is 0 Å². The van der Waals surface area contributed by atoms with Crippen molar-refractivity contribution in [1.29, 1.82) is 0 Å². The van der Waals surface area contributed by atoms with Crippen LogP contribution in [0.2, 0.25) is 0 Å². The highest BCUT2D eigenvalue weighted by Crippen LogP contribution is 2.11. The van der Waals surface area contributed by atoms with Crippen molar-refractivity contribution in [2.45, 2.75) is 26.4 Å². The van der Waals surface area contributed by atoms with Gasteiger partial charge in [-0.2, -0.15) is 0 Å². The third-order valence-electron chi connectivity index (χ3n) is 2.89. The topological polar surface area (TPSA) is 75.3 Å². The second kappa shape index (κ2) is 6.47. The van der Waals surface area contributed by atoms with E-state index >= 15 is 0 Å². The normalized spacial score (nSPS) is 12.7. The van der Waals surface area contributed by atoms with E-state index in [1.165, 1.54) is 18.2 Å². The summed E-state index contributed by atoms with van der Waals surface area (Å²) in [6.45, 7) is 4.15. The molecule has 0 saturated carbocycles. The maximum atomic E-state index is 13.5. The van der Waals surface area contributed by atoms with E-state index in [1.54, 1.807) is 0 Å². The fraction of sp³-hybridized carbons (Fsp3) is 0.462. The molecule has 1 rings (SSSR count). The largest absolute Gasteiger partial charge is 0.395 e. The van der Waals surface area contributed by atoms with Gasteiger partial charge in [0.25, 0.3) is 0 Å². The van der Waals surface area contributed by atoms with Crippen LogP contribution in [-0.4, -0.2) is 23.7 Å². The summed E-state index contributed by atoms with van der Waals surface area (Å²) < 4.78 is 13.5. The lowest BCUT2D eigenvalue weighted by Crippen LogP contribution is -2.36. The summed E-state index contributed by atoms with van der Waals surface area (Å²) in [4.78, 5) is 11.0. The highest BCUT2D eigenvalue weighted by Gasteiger charge is 2.13. The maximum absolute atomic E-state index is 13.5. The van der Waals surface area contributed by atoms with E-state index in [2.05, 4.69) is 5.32 Å². The Morgan fingerprint density at radius 2 is 2.17 bits per heavy atom. The van der Waals surface area contributed by atoms with E-state index in [0.717, 1.165) is 0 Å². The minimum absolute atomic E-state index is 0.0191. The first-order chi connectivity index (χ1) is 8.45. The molecule has 0 bridgehead atoms. The van der Waals surface area contributed by atoms with Crippen LogP contribution in [0.4, 0.5) is 4.39 Å². The predicted molar refractivity (Wildman–Crippen MR) is 67.5 cm³/mol. The van der Waals surface area contributed by atoms with Crippen molar-refractivity contribution in [2.24, 2.45) is 11.7 Å². The fourth-order valence-electron chi connectivity index (χ4n) is 1.62. The lowest BCUT2D eigenvalue weighted by molar-refractivity contribution is 0.1000. The molecule has 0 unspecified atom stereocenters. The molecule has 0 aromatic heterocycles. The van der Waals surface area contributed by atoms with Crippen molar-refractivity contribution >= 4 is 5.91 Å². The Morgan fingerprint density at radius 1 is 1.50 bits per heavy atom. The number of aliphatic hydroxyl groups excluding tert-OH is 1. The monoisotopic (exact) mass is 254 g/mol. The highest BCUT2D eigenvalue weighted by atomic mass is 19.1. The van der Waals surface area contributed by atoms with Gasteiger partial charge in [0.05, 0.1) is 6.61 Å². The van der Waals surface area contributed by atoms with Gasteiger partial charge in [-0.3, -0.25) is 4.79 Å². The van der Waals surface area contributed by atoms with Crippen LogP contribution >= 0.6 is 0 Å². The van der Waals surface area contributed by atoms with Gasteiger partial charge < -0.3 is 16.2 Å². The summed E-state index contributed by atoms with van der Waals surface area (Å²) in [5.74, 6) is -0.746. The molecule has 0 aliphatic rings. The van der Waals surface area contributed by atoms with Crippen LogP contribution in [0.5, 0.6) is 0 Å². The summed E-state index contributed by atoms with van der Waals surface area (Å²) in [7, 11) is 0. The number of nitrogens with one attached hydrogen (secondary N) is 1. The molecular weight excluding hydrogens is 235 g/mol. The first-order valence-corrected chi connectivity index (χ1v) is 5.88. The molecule has 18 heavy (non-hydrogen) atoms. The van der Waals surface area contributed by atoms with Gasteiger partial charge in [-0.1, -0.05) is 13.8 Å². The zero-order chi connectivity index (χ0) is 13.7. The summed E-state index contributed by atoms with van der Waals surface area (Å²) in [5, 5.41) is 12.2. The fourth-order valence-corrected chi connectivity index (χ4v) is 1.62. The van der Waals surface area contributed by atoms with Gasteiger partial charge in [-0.25, -0.2) is 4.39 Å². The second-order valence-corrected chi connectivity index (χ2v) is 4.58. The summed E-state index contributed by atoms with van der Waals surface area (Å²) in [6, 6.07) is 3.90. The van der Waals surface area contributed by atoms with Gasteiger partial charge in [-0.05, 0) is 24.1 Å². The smallest absolute Gasteiger partial charge is 0.248 e. The Morgan fingerprint density at radius 3 is 2.67 bits per heavy atom. The third-order valence-corrected chi connectivity index (χ3v) is 2.89. The first kappa shape index (κ1) is 14.6. The standard InChI is InChI=1S/C13H19FN2O2/c1-8(2)12(7-17)16-6-10-5-9(13(15)18)3-4-11(10)14/h3-5,8,12,16-17H,6-7H2,1-2H3,(H2,15,18)/t12-/m1/s1. The molecule has 0 heterocycles. The van der Waals surface area contributed by atoms with Crippen molar-refractivity contribution in [3.8, 4) is 0 Å². The molecule has 4 N–H and O–H groups in total. The molecule has 0 saturated heterocycles. The number of rotatable bonds is 6. The molecule has 0 aliphatic carbocycles. The quantitative estimate of drug-likeness (QED) is 0.709. The molecule has 1 aromatic carbocycles. The van der Waals surface area contributed by atoms with E-state index in [1.807, 2.05) is 13.8 Å². The van der Waals surface area contributed by atoms with Crippen molar-refractivity contribution < 1.29 is 14.3 Å². The third kappa shape index (κ3) is 3.78.